The molecule has 19 heavy (non-hydrogen) atoms. The van der Waals surface area contributed by atoms with Crippen LogP contribution in [0.5, 0.6) is 0 Å². The van der Waals surface area contributed by atoms with E-state index in [2.05, 4.69) is 6.58 Å². The number of benzene rings is 1. The molecule has 0 saturated carbocycles. The Hall–Kier alpha value is -1.44. The third-order valence-corrected chi connectivity index (χ3v) is 4.50. The lowest BCUT2D eigenvalue weighted by atomic mass is 10.2. The number of hydrogen-bond acceptors (Lipinski definition) is 4. The Bertz CT molecular complexity index is 573. The van der Waals surface area contributed by atoms with Crippen molar-refractivity contribution in [1.82, 2.24) is 4.31 Å². The van der Waals surface area contributed by atoms with Crippen LogP contribution in [-0.4, -0.2) is 37.5 Å². The zero-order valence-electron chi connectivity index (χ0n) is 10.6. The monoisotopic (exact) mass is 288 g/mol. The summed E-state index contributed by atoms with van der Waals surface area (Å²) in [5.74, 6) is -0.862. The van der Waals surface area contributed by atoms with Gasteiger partial charge < -0.3 is 10.8 Å². The molecule has 0 aromatic heterocycles. The van der Waals surface area contributed by atoms with Crippen LogP contribution in [-0.2, 0) is 10.0 Å². The van der Waals surface area contributed by atoms with Gasteiger partial charge in [0.05, 0.1) is 6.61 Å². The first-order chi connectivity index (χ1) is 8.84. The van der Waals surface area contributed by atoms with Crippen LogP contribution in [0.1, 0.15) is 5.56 Å². The minimum atomic E-state index is -4.05. The summed E-state index contributed by atoms with van der Waals surface area (Å²) < 4.78 is 39.3. The minimum absolute atomic E-state index is 0.0177. The zero-order chi connectivity index (χ0) is 14.6. The summed E-state index contributed by atoms with van der Waals surface area (Å²) in [5, 5.41) is 8.88. The summed E-state index contributed by atoms with van der Waals surface area (Å²) >= 11 is 0. The van der Waals surface area contributed by atoms with Gasteiger partial charge in [0, 0.05) is 18.8 Å². The summed E-state index contributed by atoms with van der Waals surface area (Å²) in [6, 6.07) is 2.17. The first-order valence-corrected chi connectivity index (χ1v) is 7.06. The van der Waals surface area contributed by atoms with Crippen molar-refractivity contribution in [2.75, 3.05) is 25.4 Å². The molecule has 0 amide bonds. The van der Waals surface area contributed by atoms with E-state index in [1.165, 1.54) is 6.08 Å². The SMILES string of the molecule is C=CCN(CCO)S(=O)(=O)c1cc(N)c(C)cc1F. The van der Waals surface area contributed by atoms with Gasteiger partial charge in [0.15, 0.2) is 0 Å². The van der Waals surface area contributed by atoms with E-state index < -0.39 is 20.7 Å². The molecule has 0 radical (unpaired) electrons. The summed E-state index contributed by atoms with van der Waals surface area (Å²) in [6.07, 6.45) is 1.36. The van der Waals surface area contributed by atoms with Crippen molar-refractivity contribution in [2.24, 2.45) is 0 Å². The number of sulfonamides is 1. The summed E-state index contributed by atoms with van der Waals surface area (Å²) in [6.45, 7) is 4.51. The largest absolute Gasteiger partial charge is 0.398 e. The van der Waals surface area contributed by atoms with Crippen LogP contribution in [0.2, 0.25) is 0 Å². The van der Waals surface area contributed by atoms with Gasteiger partial charge in [-0.15, -0.1) is 6.58 Å². The molecule has 0 saturated heterocycles. The van der Waals surface area contributed by atoms with Crippen LogP contribution < -0.4 is 5.73 Å². The van der Waals surface area contributed by atoms with Crippen LogP contribution in [0, 0.1) is 12.7 Å². The van der Waals surface area contributed by atoms with E-state index in [1.54, 1.807) is 6.92 Å². The van der Waals surface area contributed by atoms with Crippen molar-refractivity contribution in [1.29, 1.82) is 0 Å². The number of nitrogens with two attached hydrogens (primary N) is 1. The lowest BCUT2D eigenvalue weighted by molar-refractivity contribution is 0.260. The molecule has 0 unspecified atom stereocenters. The van der Waals surface area contributed by atoms with Crippen molar-refractivity contribution < 1.29 is 17.9 Å². The van der Waals surface area contributed by atoms with Crippen molar-refractivity contribution in [3.8, 4) is 0 Å². The van der Waals surface area contributed by atoms with E-state index in [0.717, 1.165) is 16.4 Å². The molecule has 0 aliphatic rings. The van der Waals surface area contributed by atoms with Gasteiger partial charge in [-0.05, 0) is 24.6 Å². The molecule has 0 bridgehead atoms. The van der Waals surface area contributed by atoms with E-state index in [0.29, 0.717) is 5.56 Å². The number of nitrogen functional groups attached to an aromatic ring is 1. The number of hydrogen-bond donors (Lipinski definition) is 2. The minimum Gasteiger partial charge on any atom is -0.398 e. The van der Waals surface area contributed by atoms with Gasteiger partial charge >= 0.3 is 0 Å². The Labute approximate surface area is 112 Å². The lowest BCUT2D eigenvalue weighted by Gasteiger charge is -2.20. The normalized spacial score (nSPS) is 11.8. The average molecular weight is 288 g/mol. The smallest absolute Gasteiger partial charge is 0.246 e. The highest BCUT2D eigenvalue weighted by Gasteiger charge is 2.27. The molecule has 106 valence electrons. The molecular weight excluding hydrogens is 271 g/mol. The predicted octanol–water partition coefficient (Wildman–Crippen LogP) is 0.885. The maximum absolute atomic E-state index is 13.8. The van der Waals surface area contributed by atoms with Crippen LogP contribution >= 0.6 is 0 Å². The maximum Gasteiger partial charge on any atom is 0.246 e. The van der Waals surface area contributed by atoms with Crippen LogP contribution in [0.15, 0.2) is 29.7 Å². The molecule has 1 aromatic carbocycles. The number of aryl methyl sites for hydroxylation is 1. The topological polar surface area (TPSA) is 83.6 Å². The van der Waals surface area contributed by atoms with E-state index in [4.69, 9.17) is 10.8 Å². The van der Waals surface area contributed by atoms with Crippen molar-refractivity contribution in [3.05, 3.63) is 36.2 Å². The second kappa shape index (κ2) is 6.14. The third kappa shape index (κ3) is 3.31. The van der Waals surface area contributed by atoms with E-state index >= 15 is 0 Å². The highest BCUT2D eigenvalue weighted by atomic mass is 32.2. The number of aliphatic hydroxyl groups is 1. The first kappa shape index (κ1) is 15.6. The number of nitrogens with zero attached hydrogens (tertiary/aromatic N) is 1. The fraction of sp³-hybridized carbons (Fsp3) is 0.333. The Kier molecular flexibility index (Phi) is 5.04. The molecule has 0 spiro atoms. The fourth-order valence-corrected chi connectivity index (χ4v) is 3.05. The molecule has 5 nitrogen and oxygen atoms in total. The Balaban J connectivity index is 3.32. The van der Waals surface area contributed by atoms with Gasteiger partial charge in [-0.25, -0.2) is 12.8 Å². The molecular formula is C12H17FN2O3S. The zero-order valence-corrected chi connectivity index (χ0v) is 11.5. The van der Waals surface area contributed by atoms with Crippen LogP contribution in [0.25, 0.3) is 0 Å². The Morgan fingerprint density at radius 3 is 2.68 bits per heavy atom. The average Bonchev–Trinajstić information content (AvgIpc) is 2.33. The van der Waals surface area contributed by atoms with Gasteiger partial charge in [0.1, 0.15) is 10.7 Å². The summed E-state index contributed by atoms with van der Waals surface area (Å²) in [5.41, 5.74) is 6.28. The van der Waals surface area contributed by atoms with Crippen LogP contribution in [0.3, 0.4) is 0 Å². The number of anilines is 1. The van der Waals surface area contributed by atoms with Gasteiger partial charge in [0.2, 0.25) is 10.0 Å². The second-order valence-electron chi connectivity index (χ2n) is 4.01. The predicted molar refractivity (Wildman–Crippen MR) is 71.6 cm³/mol. The fourth-order valence-electron chi connectivity index (χ4n) is 1.57. The molecule has 0 fully saturated rings. The van der Waals surface area contributed by atoms with Gasteiger partial charge in [0.25, 0.3) is 0 Å². The lowest BCUT2D eigenvalue weighted by Crippen LogP contribution is -2.34. The second-order valence-corrected chi connectivity index (χ2v) is 5.92. The van der Waals surface area contributed by atoms with E-state index in [1.807, 2.05) is 0 Å². The van der Waals surface area contributed by atoms with Crippen molar-refractivity contribution >= 4 is 15.7 Å². The number of aliphatic hydroxyl groups excluding tert-OH is 1. The van der Waals surface area contributed by atoms with Crippen molar-refractivity contribution in [2.45, 2.75) is 11.8 Å². The number of rotatable bonds is 6. The third-order valence-electron chi connectivity index (χ3n) is 2.62. The Morgan fingerprint density at radius 2 is 2.16 bits per heavy atom. The van der Waals surface area contributed by atoms with Gasteiger partial charge in [-0.1, -0.05) is 6.08 Å². The maximum atomic E-state index is 13.8. The molecule has 0 aliphatic heterocycles. The standard InChI is InChI=1S/C12H17FN2O3S/c1-3-4-15(5-6-16)19(17,18)12-8-11(14)9(2)7-10(12)13/h3,7-8,16H,1,4-6,14H2,2H3. The molecule has 1 aromatic rings. The van der Waals surface area contributed by atoms with Gasteiger partial charge in [-0.3, -0.25) is 0 Å². The summed E-state index contributed by atoms with van der Waals surface area (Å²) in [7, 11) is -4.05. The Morgan fingerprint density at radius 1 is 1.53 bits per heavy atom. The molecule has 7 heteroatoms. The summed E-state index contributed by atoms with van der Waals surface area (Å²) in [4.78, 5) is -0.495. The molecule has 0 aliphatic carbocycles. The highest BCUT2D eigenvalue weighted by Crippen LogP contribution is 2.24. The highest BCUT2D eigenvalue weighted by molar-refractivity contribution is 7.89. The molecule has 0 atom stereocenters. The van der Waals surface area contributed by atoms with Crippen molar-refractivity contribution in [3.63, 3.8) is 0 Å². The molecule has 3 N–H and O–H groups in total. The quantitative estimate of drug-likeness (QED) is 0.601. The van der Waals surface area contributed by atoms with Crippen LogP contribution in [0.4, 0.5) is 10.1 Å². The van der Waals surface area contributed by atoms with Gasteiger partial charge in [-0.2, -0.15) is 4.31 Å². The van der Waals surface area contributed by atoms with E-state index in [9.17, 15) is 12.8 Å². The van der Waals surface area contributed by atoms with E-state index in [-0.39, 0.29) is 25.4 Å². The number of halogens is 1. The molecule has 1 rings (SSSR count). The molecule has 0 heterocycles. The first-order valence-electron chi connectivity index (χ1n) is 5.62.